The number of rotatable bonds is 5. The van der Waals surface area contributed by atoms with Crippen molar-refractivity contribution in [3.05, 3.63) is 72.3 Å². The summed E-state index contributed by atoms with van der Waals surface area (Å²) in [5, 5.41) is 7.00. The molecule has 0 spiro atoms. The molecule has 2 aromatic carbocycles. The molecular weight excluding hydrogens is 382 g/mol. The van der Waals surface area contributed by atoms with E-state index in [2.05, 4.69) is 39.9 Å². The van der Waals surface area contributed by atoms with Crippen LogP contribution in [0, 0.1) is 6.92 Å². The number of carbonyl (C=O) groups excluding carboxylic acids is 1. The third-order valence-corrected chi connectivity index (χ3v) is 5.27. The SMILES string of the molecule is Cc1ccc(NC(=S)NCc2ccc(-n3ccnc3)cc2)cc1N1CCCC1=O. The van der Waals surface area contributed by atoms with E-state index >= 15 is 0 Å². The molecule has 0 saturated carbocycles. The van der Waals surface area contributed by atoms with Gasteiger partial charge in [-0.25, -0.2) is 4.98 Å². The standard InChI is InChI=1S/C22H23N5OS/c1-16-4-7-18(13-20(16)27-11-2-3-21(27)28)25-22(29)24-14-17-5-8-19(9-6-17)26-12-10-23-15-26/h4-10,12-13,15H,2-3,11,14H2,1H3,(H2,24,25,29). The Balaban J connectivity index is 1.35. The van der Waals surface area contributed by atoms with Gasteiger partial charge in [0.2, 0.25) is 5.91 Å². The maximum atomic E-state index is 12.1. The number of nitrogens with zero attached hydrogens (tertiary/aromatic N) is 3. The van der Waals surface area contributed by atoms with E-state index < -0.39 is 0 Å². The number of thiocarbonyl (C=S) groups is 1. The summed E-state index contributed by atoms with van der Waals surface area (Å²) in [6, 6.07) is 14.2. The second-order valence-electron chi connectivity index (χ2n) is 7.09. The monoisotopic (exact) mass is 405 g/mol. The Morgan fingerprint density at radius 3 is 2.72 bits per heavy atom. The molecule has 7 heteroatoms. The van der Waals surface area contributed by atoms with Crippen LogP contribution in [-0.2, 0) is 11.3 Å². The molecule has 2 heterocycles. The van der Waals surface area contributed by atoms with Gasteiger partial charge in [0.25, 0.3) is 0 Å². The predicted octanol–water partition coefficient (Wildman–Crippen LogP) is 3.79. The van der Waals surface area contributed by atoms with Crippen LogP contribution >= 0.6 is 12.2 Å². The van der Waals surface area contributed by atoms with Crippen molar-refractivity contribution in [2.75, 3.05) is 16.8 Å². The molecule has 2 N–H and O–H groups in total. The number of hydrogen-bond donors (Lipinski definition) is 2. The number of aromatic nitrogens is 2. The Kier molecular flexibility index (Phi) is 5.57. The van der Waals surface area contributed by atoms with Crippen molar-refractivity contribution in [2.24, 2.45) is 0 Å². The van der Waals surface area contributed by atoms with Crippen LogP contribution in [0.15, 0.2) is 61.2 Å². The van der Waals surface area contributed by atoms with Crippen molar-refractivity contribution < 1.29 is 4.79 Å². The molecule has 29 heavy (non-hydrogen) atoms. The number of anilines is 2. The summed E-state index contributed by atoms with van der Waals surface area (Å²) in [4.78, 5) is 18.0. The largest absolute Gasteiger partial charge is 0.358 e. The first-order chi connectivity index (χ1) is 14.1. The van der Waals surface area contributed by atoms with Crippen LogP contribution in [0.1, 0.15) is 24.0 Å². The van der Waals surface area contributed by atoms with Crippen molar-refractivity contribution in [3.8, 4) is 5.69 Å². The average Bonchev–Trinajstić information content (AvgIpc) is 3.40. The molecule has 0 aliphatic carbocycles. The molecular formula is C22H23N5OS. The third kappa shape index (κ3) is 4.46. The maximum absolute atomic E-state index is 12.1. The maximum Gasteiger partial charge on any atom is 0.227 e. The zero-order chi connectivity index (χ0) is 20.2. The van der Waals surface area contributed by atoms with Crippen molar-refractivity contribution in [1.82, 2.24) is 14.9 Å². The molecule has 1 amide bonds. The minimum absolute atomic E-state index is 0.185. The van der Waals surface area contributed by atoms with E-state index in [-0.39, 0.29) is 5.91 Å². The van der Waals surface area contributed by atoms with E-state index in [1.54, 1.807) is 12.5 Å². The number of benzene rings is 2. The van der Waals surface area contributed by atoms with Gasteiger partial charge in [-0.1, -0.05) is 18.2 Å². The average molecular weight is 406 g/mol. The lowest BCUT2D eigenvalue weighted by atomic mass is 10.1. The van der Waals surface area contributed by atoms with E-state index in [1.165, 1.54) is 0 Å². The Morgan fingerprint density at radius 1 is 1.21 bits per heavy atom. The van der Waals surface area contributed by atoms with Gasteiger partial charge in [0.15, 0.2) is 5.11 Å². The predicted molar refractivity (Wildman–Crippen MR) is 119 cm³/mol. The number of nitrogens with one attached hydrogen (secondary N) is 2. The van der Waals surface area contributed by atoms with Crippen LogP contribution in [0.3, 0.4) is 0 Å². The Bertz CT molecular complexity index is 1010. The van der Waals surface area contributed by atoms with Gasteiger partial charge in [0.05, 0.1) is 6.33 Å². The highest BCUT2D eigenvalue weighted by Crippen LogP contribution is 2.28. The molecule has 1 aromatic heterocycles. The van der Waals surface area contributed by atoms with Crippen LogP contribution in [-0.4, -0.2) is 27.1 Å². The highest BCUT2D eigenvalue weighted by molar-refractivity contribution is 7.80. The Labute approximate surface area is 175 Å². The zero-order valence-electron chi connectivity index (χ0n) is 16.3. The van der Waals surface area contributed by atoms with Gasteiger partial charge >= 0.3 is 0 Å². The van der Waals surface area contributed by atoms with Crippen LogP contribution in [0.25, 0.3) is 5.69 Å². The summed E-state index contributed by atoms with van der Waals surface area (Å²) >= 11 is 5.44. The van der Waals surface area contributed by atoms with E-state index in [9.17, 15) is 4.79 Å². The van der Waals surface area contributed by atoms with E-state index in [1.807, 2.05) is 40.8 Å². The fourth-order valence-electron chi connectivity index (χ4n) is 3.44. The molecule has 1 aliphatic heterocycles. The molecule has 148 valence electrons. The van der Waals surface area contributed by atoms with Gasteiger partial charge in [-0.05, 0) is 61.0 Å². The molecule has 1 fully saturated rings. The van der Waals surface area contributed by atoms with Crippen molar-refractivity contribution >= 4 is 34.6 Å². The summed E-state index contributed by atoms with van der Waals surface area (Å²) in [5.74, 6) is 0.185. The van der Waals surface area contributed by atoms with Gasteiger partial charge in [-0.15, -0.1) is 0 Å². The number of imidazole rings is 1. The third-order valence-electron chi connectivity index (χ3n) is 5.02. The summed E-state index contributed by atoms with van der Waals surface area (Å²) in [6.07, 6.45) is 6.98. The molecule has 3 aromatic rings. The molecule has 0 unspecified atom stereocenters. The summed E-state index contributed by atoms with van der Waals surface area (Å²) in [5.41, 5.74) is 5.11. The van der Waals surface area contributed by atoms with Crippen LogP contribution in [0.4, 0.5) is 11.4 Å². The minimum atomic E-state index is 0.185. The van der Waals surface area contributed by atoms with E-state index in [0.717, 1.165) is 41.2 Å². The molecule has 1 aliphatic rings. The van der Waals surface area contributed by atoms with Crippen molar-refractivity contribution in [3.63, 3.8) is 0 Å². The fourth-order valence-corrected chi connectivity index (χ4v) is 3.63. The number of amides is 1. The van der Waals surface area contributed by atoms with Crippen LogP contribution in [0.5, 0.6) is 0 Å². The second kappa shape index (κ2) is 8.45. The molecule has 1 saturated heterocycles. The minimum Gasteiger partial charge on any atom is -0.358 e. The van der Waals surface area contributed by atoms with Crippen LogP contribution in [0.2, 0.25) is 0 Å². The lowest BCUT2D eigenvalue weighted by Crippen LogP contribution is -2.28. The first-order valence-corrected chi connectivity index (χ1v) is 10.0. The van der Waals surface area contributed by atoms with Gasteiger partial charge in [-0.2, -0.15) is 0 Å². The summed E-state index contributed by atoms with van der Waals surface area (Å²) < 4.78 is 1.96. The van der Waals surface area contributed by atoms with Gasteiger partial charge in [0.1, 0.15) is 0 Å². The highest BCUT2D eigenvalue weighted by Gasteiger charge is 2.23. The van der Waals surface area contributed by atoms with E-state index in [0.29, 0.717) is 18.1 Å². The fraction of sp³-hybridized carbons (Fsp3) is 0.227. The molecule has 6 nitrogen and oxygen atoms in total. The van der Waals surface area contributed by atoms with Gasteiger partial charge < -0.3 is 20.1 Å². The van der Waals surface area contributed by atoms with Crippen molar-refractivity contribution in [1.29, 1.82) is 0 Å². The lowest BCUT2D eigenvalue weighted by Gasteiger charge is -2.20. The number of hydrogen-bond acceptors (Lipinski definition) is 3. The molecule has 0 atom stereocenters. The van der Waals surface area contributed by atoms with E-state index in [4.69, 9.17) is 12.2 Å². The highest BCUT2D eigenvalue weighted by atomic mass is 32.1. The van der Waals surface area contributed by atoms with Gasteiger partial charge in [-0.3, -0.25) is 4.79 Å². The smallest absolute Gasteiger partial charge is 0.227 e. The lowest BCUT2D eigenvalue weighted by molar-refractivity contribution is -0.117. The molecule has 0 bridgehead atoms. The Hall–Kier alpha value is -3.19. The quantitative estimate of drug-likeness (QED) is 0.633. The molecule has 0 radical (unpaired) electrons. The first kappa shape index (κ1) is 19.1. The van der Waals surface area contributed by atoms with Crippen molar-refractivity contribution in [2.45, 2.75) is 26.3 Å². The second-order valence-corrected chi connectivity index (χ2v) is 7.50. The van der Waals surface area contributed by atoms with Crippen LogP contribution < -0.4 is 15.5 Å². The van der Waals surface area contributed by atoms with Gasteiger partial charge in [0, 0.05) is 49.0 Å². The molecule has 4 rings (SSSR count). The normalized spacial score (nSPS) is 13.6. The Morgan fingerprint density at radius 2 is 2.03 bits per heavy atom. The topological polar surface area (TPSA) is 62.2 Å². The number of aryl methyl sites for hydroxylation is 1. The number of carbonyl (C=O) groups is 1. The first-order valence-electron chi connectivity index (χ1n) is 9.63. The summed E-state index contributed by atoms with van der Waals surface area (Å²) in [6.45, 7) is 3.43. The summed E-state index contributed by atoms with van der Waals surface area (Å²) in [7, 11) is 0. The zero-order valence-corrected chi connectivity index (χ0v) is 17.1.